The van der Waals surface area contributed by atoms with E-state index in [-0.39, 0.29) is 6.10 Å². The van der Waals surface area contributed by atoms with Gasteiger partial charge in [0.05, 0.1) is 6.10 Å². The van der Waals surface area contributed by atoms with Gasteiger partial charge in [-0.2, -0.15) is 0 Å². The van der Waals surface area contributed by atoms with Crippen LogP contribution in [0.25, 0.3) is 0 Å². The monoisotopic (exact) mass is 200 g/mol. The Morgan fingerprint density at radius 3 is 2.64 bits per heavy atom. The number of hydrogen-bond acceptors (Lipinski definition) is 2. The zero-order valence-corrected chi connectivity index (χ0v) is 9.28. The third-order valence-corrected chi connectivity index (χ3v) is 3.61. The molecule has 3 unspecified atom stereocenters. The molecule has 0 saturated heterocycles. The summed E-state index contributed by atoms with van der Waals surface area (Å²) in [6.07, 6.45) is 7.62. The second-order valence-electron chi connectivity index (χ2n) is 4.63. The maximum Gasteiger partial charge on any atom is 0.0568 e. The van der Waals surface area contributed by atoms with E-state index in [9.17, 15) is 5.11 Å². The Balaban J connectivity index is 2.25. The van der Waals surface area contributed by atoms with Gasteiger partial charge in [0.2, 0.25) is 0 Å². The van der Waals surface area contributed by atoms with E-state index in [0.29, 0.717) is 12.5 Å². The predicted molar refractivity (Wildman–Crippen MR) is 58.1 cm³/mol. The molecule has 0 radical (unpaired) electrons. The molecule has 0 aliphatic heterocycles. The van der Waals surface area contributed by atoms with E-state index in [0.717, 1.165) is 31.6 Å². The largest absolute Gasteiger partial charge is 0.396 e. The highest BCUT2D eigenvalue weighted by atomic mass is 16.3. The Hall–Kier alpha value is -0.0800. The van der Waals surface area contributed by atoms with Crippen LogP contribution in [0.1, 0.15) is 51.9 Å². The van der Waals surface area contributed by atoms with Crippen LogP contribution in [0.5, 0.6) is 0 Å². The zero-order valence-electron chi connectivity index (χ0n) is 9.28. The van der Waals surface area contributed by atoms with Crippen molar-refractivity contribution in [3.8, 4) is 0 Å². The fourth-order valence-electron chi connectivity index (χ4n) is 2.54. The van der Waals surface area contributed by atoms with Crippen LogP contribution in [0.4, 0.5) is 0 Å². The number of aliphatic hydroxyl groups is 2. The quantitative estimate of drug-likeness (QED) is 0.669. The molecular weight excluding hydrogens is 176 g/mol. The summed E-state index contributed by atoms with van der Waals surface area (Å²) < 4.78 is 0. The van der Waals surface area contributed by atoms with Crippen molar-refractivity contribution in [2.45, 2.75) is 58.0 Å². The summed E-state index contributed by atoms with van der Waals surface area (Å²) >= 11 is 0. The molecule has 1 aliphatic rings. The molecule has 3 atom stereocenters. The minimum atomic E-state index is -0.0727. The van der Waals surface area contributed by atoms with Gasteiger partial charge in [-0.25, -0.2) is 0 Å². The van der Waals surface area contributed by atoms with Crippen molar-refractivity contribution in [3.63, 3.8) is 0 Å². The summed E-state index contributed by atoms with van der Waals surface area (Å²) in [7, 11) is 0. The van der Waals surface area contributed by atoms with Crippen LogP contribution in [-0.2, 0) is 0 Å². The van der Waals surface area contributed by atoms with E-state index in [2.05, 4.69) is 6.92 Å². The Kier molecular flexibility index (Phi) is 5.49. The molecule has 2 heteroatoms. The first-order chi connectivity index (χ1) is 6.77. The minimum Gasteiger partial charge on any atom is -0.396 e. The molecule has 14 heavy (non-hydrogen) atoms. The lowest BCUT2D eigenvalue weighted by atomic mass is 9.76. The Morgan fingerprint density at radius 2 is 2.00 bits per heavy atom. The second-order valence-corrected chi connectivity index (χ2v) is 4.63. The maximum atomic E-state index is 9.82. The standard InChI is InChI=1S/C12H24O2/c1-2-10-6-7-12(14)11(9-10)5-3-4-8-13/h10-14H,2-9H2,1H3. The summed E-state index contributed by atoms with van der Waals surface area (Å²) in [4.78, 5) is 0. The van der Waals surface area contributed by atoms with Crippen molar-refractivity contribution >= 4 is 0 Å². The SMILES string of the molecule is CCC1CCC(O)C(CCCCO)C1. The molecule has 2 N–H and O–H groups in total. The van der Waals surface area contributed by atoms with Crippen LogP contribution >= 0.6 is 0 Å². The van der Waals surface area contributed by atoms with Gasteiger partial charge in [-0.15, -0.1) is 0 Å². The summed E-state index contributed by atoms with van der Waals surface area (Å²) in [6, 6.07) is 0. The van der Waals surface area contributed by atoms with E-state index in [1.54, 1.807) is 0 Å². The number of rotatable bonds is 5. The topological polar surface area (TPSA) is 40.5 Å². The first kappa shape index (κ1) is 12.0. The molecule has 0 heterocycles. The number of hydrogen-bond donors (Lipinski definition) is 2. The van der Waals surface area contributed by atoms with Crippen LogP contribution in [0, 0.1) is 11.8 Å². The van der Waals surface area contributed by atoms with Gasteiger partial charge in [0.25, 0.3) is 0 Å². The fraction of sp³-hybridized carbons (Fsp3) is 1.00. The molecule has 84 valence electrons. The molecule has 0 amide bonds. The Morgan fingerprint density at radius 1 is 1.21 bits per heavy atom. The predicted octanol–water partition coefficient (Wildman–Crippen LogP) is 2.34. The highest BCUT2D eigenvalue weighted by Gasteiger charge is 2.27. The maximum absolute atomic E-state index is 9.82. The van der Waals surface area contributed by atoms with Gasteiger partial charge in [0, 0.05) is 6.61 Å². The summed E-state index contributed by atoms with van der Waals surface area (Å²) in [5.41, 5.74) is 0. The average Bonchev–Trinajstić information content (AvgIpc) is 2.21. The van der Waals surface area contributed by atoms with E-state index in [4.69, 9.17) is 5.11 Å². The normalized spacial score (nSPS) is 33.2. The first-order valence-electron chi connectivity index (χ1n) is 6.06. The van der Waals surface area contributed by atoms with E-state index < -0.39 is 0 Å². The van der Waals surface area contributed by atoms with E-state index in [1.807, 2.05) is 0 Å². The van der Waals surface area contributed by atoms with Crippen molar-refractivity contribution in [2.75, 3.05) is 6.61 Å². The molecule has 0 aromatic heterocycles. The molecule has 1 fully saturated rings. The van der Waals surface area contributed by atoms with Gasteiger partial charge in [-0.3, -0.25) is 0 Å². The van der Waals surface area contributed by atoms with E-state index in [1.165, 1.54) is 19.3 Å². The van der Waals surface area contributed by atoms with Gasteiger partial charge < -0.3 is 10.2 Å². The Labute approximate surface area is 87.3 Å². The molecule has 1 saturated carbocycles. The smallest absolute Gasteiger partial charge is 0.0568 e. The highest BCUT2D eigenvalue weighted by molar-refractivity contribution is 4.79. The molecule has 0 aromatic rings. The number of aliphatic hydroxyl groups excluding tert-OH is 2. The molecule has 0 bridgehead atoms. The van der Waals surface area contributed by atoms with Gasteiger partial charge in [0.1, 0.15) is 0 Å². The lowest BCUT2D eigenvalue weighted by Gasteiger charge is -2.33. The van der Waals surface area contributed by atoms with Crippen molar-refractivity contribution in [2.24, 2.45) is 11.8 Å². The van der Waals surface area contributed by atoms with Crippen molar-refractivity contribution in [1.29, 1.82) is 0 Å². The molecule has 1 aliphatic carbocycles. The minimum absolute atomic E-state index is 0.0727. The van der Waals surface area contributed by atoms with Gasteiger partial charge in [0.15, 0.2) is 0 Å². The first-order valence-corrected chi connectivity index (χ1v) is 6.06. The third kappa shape index (κ3) is 3.58. The molecule has 1 rings (SSSR count). The van der Waals surface area contributed by atoms with Crippen LogP contribution < -0.4 is 0 Å². The molecule has 2 nitrogen and oxygen atoms in total. The third-order valence-electron chi connectivity index (χ3n) is 3.61. The summed E-state index contributed by atoms with van der Waals surface area (Å²) in [5, 5.41) is 18.5. The number of unbranched alkanes of at least 4 members (excludes halogenated alkanes) is 1. The van der Waals surface area contributed by atoms with Gasteiger partial charge in [-0.05, 0) is 43.9 Å². The summed E-state index contributed by atoms with van der Waals surface area (Å²) in [6.45, 7) is 2.53. The molecular formula is C12H24O2. The lowest BCUT2D eigenvalue weighted by Crippen LogP contribution is -2.28. The van der Waals surface area contributed by atoms with Gasteiger partial charge >= 0.3 is 0 Å². The van der Waals surface area contributed by atoms with E-state index >= 15 is 0 Å². The molecule has 0 spiro atoms. The van der Waals surface area contributed by atoms with Crippen molar-refractivity contribution in [1.82, 2.24) is 0 Å². The zero-order chi connectivity index (χ0) is 10.4. The Bertz CT molecular complexity index is 147. The van der Waals surface area contributed by atoms with Crippen LogP contribution in [0.15, 0.2) is 0 Å². The second kappa shape index (κ2) is 6.41. The fourth-order valence-corrected chi connectivity index (χ4v) is 2.54. The van der Waals surface area contributed by atoms with Crippen LogP contribution in [0.2, 0.25) is 0 Å². The van der Waals surface area contributed by atoms with Crippen molar-refractivity contribution < 1.29 is 10.2 Å². The van der Waals surface area contributed by atoms with Crippen molar-refractivity contribution in [3.05, 3.63) is 0 Å². The highest BCUT2D eigenvalue weighted by Crippen LogP contribution is 2.33. The summed E-state index contributed by atoms with van der Waals surface area (Å²) in [5.74, 6) is 1.33. The lowest BCUT2D eigenvalue weighted by molar-refractivity contribution is 0.0411. The molecule has 0 aromatic carbocycles. The average molecular weight is 200 g/mol. The van der Waals surface area contributed by atoms with Gasteiger partial charge in [-0.1, -0.05) is 19.8 Å². The van der Waals surface area contributed by atoms with Crippen LogP contribution in [-0.4, -0.2) is 22.9 Å². The van der Waals surface area contributed by atoms with Crippen LogP contribution in [0.3, 0.4) is 0 Å².